The van der Waals surface area contributed by atoms with E-state index in [1.807, 2.05) is 18.2 Å². The van der Waals surface area contributed by atoms with Crippen LogP contribution >= 0.6 is 12.4 Å². The highest BCUT2D eigenvalue weighted by Crippen LogP contribution is 2.34. The van der Waals surface area contributed by atoms with Gasteiger partial charge in [-0.2, -0.15) is 0 Å². The lowest BCUT2D eigenvalue weighted by Crippen LogP contribution is -2.26. The topological polar surface area (TPSA) is 41.1 Å². The maximum Gasteiger partial charge on any atom is 0.251 e. The molecule has 0 saturated heterocycles. The first-order valence-corrected chi connectivity index (χ1v) is 6.95. The summed E-state index contributed by atoms with van der Waals surface area (Å²) in [4.78, 5) is 12.1. The molecule has 0 radical (unpaired) electrons. The molecular formula is C15H21ClN2O. The molecule has 2 atom stereocenters. The summed E-state index contributed by atoms with van der Waals surface area (Å²) < 4.78 is 0. The van der Waals surface area contributed by atoms with Gasteiger partial charge in [-0.25, -0.2) is 0 Å². The monoisotopic (exact) mass is 280 g/mol. The number of nitrogens with one attached hydrogen (secondary N) is 2. The first kappa shape index (κ1) is 14.2. The molecule has 1 aliphatic carbocycles. The molecule has 1 aromatic carbocycles. The predicted molar refractivity (Wildman–Crippen MR) is 80.2 cm³/mol. The van der Waals surface area contributed by atoms with Crippen LogP contribution < -0.4 is 10.6 Å². The molecule has 0 aromatic heterocycles. The van der Waals surface area contributed by atoms with E-state index in [2.05, 4.69) is 17.6 Å². The molecule has 1 aliphatic heterocycles. The van der Waals surface area contributed by atoms with Gasteiger partial charge >= 0.3 is 0 Å². The number of hydrogen-bond acceptors (Lipinski definition) is 2. The van der Waals surface area contributed by atoms with Gasteiger partial charge in [0.15, 0.2) is 0 Å². The summed E-state index contributed by atoms with van der Waals surface area (Å²) in [6.45, 7) is 3.19. The highest BCUT2D eigenvalue weighted by Gasteiger charge is 2.37. The third kappa shape index (κ3) is 3.03. The van der Waals surface area contributed by atoms with E-state index in [4.69, 9.17) is 0 Å². The van der Waals surface area contributed by atoms with Gasteiger partial charge in [0.1, 0.15) is 0 Å². The third-order valence-electron chi connectivity index (χ3n) is 3.98. The molecule has 2 unspecified atom stereocenters. The highest BCUT2D eigenvalue weighted by atomic mass is 35.5. The molecule has 3 nitrogen and oxygen atoms in total. The van der Waals surface area contributed by atoms with Crippen LogP contribution in [0.25, 0.3) is 0 Å². The molecule has 3 rings (SSSR count). The molecule has 4 heteroatoms. The highest BCUT2D eigenvalue weighted by molar-refractivity contribution is 5.95. The zero-order valence-corrected chi connectivity index (χ0v) is 12.1. The quantitative estimate of drug-likeness (QED) is 0.890. The van der Waals surface area contributed by atoms with E-state index in [9.17, 15) is 4.79 Å². The average molecular weight is 281 g/mol. The van der Waals surface area contributed by atoms with E-state index in [1.54, 1.807) is 0 Å². The molecule has 1 amide bonds. The van der Waals surface area contributed by atoms with E-state index in [-0.39, 0.29) is 18.3 Å². The normalized spacial score (nSPS) is 23.0. The van der Waals surface area contributed by atoms with E-state index in [0.717, 1.165) is 30.9 Å². The van der Waals surface area contributed by atoms with Gasteiger partial charge in [-0.3, -0.25) is 4.79 Å². The molecule has 1 saturated carbocycles. The van der Waals surface area contributed by atoms with Crippen molar-refractivity contribution in [3.8, 4) is 0 Å². The zero-order valence-electron chi connectivity index (χ0n) is 11.2. The Kier molecular flexibility index (Phi) is 4.35. The van der Waals surface area contributed by atoms with Gasteiger partial charge in [-0.1, -0.05) is 13.3 Å². The van der Waals surface area contributed by atoms with E-state index < -0.39 is 0 Å². The largest absolute Gasteiger partial charge is 0.384 e. The fourth-order valence-corrected chi connectivity index (χ4v) is 2.81. The van der Waals surface area contributed by atoms with Gasteiger partial charge in [-0.15, -0.1) is 12.4 Å². The maximum absolute atomic E-state index is 12.1. The molecular weight excluding hydrogens is 260 g/mol. The number of carbonyl (C=O) groups excluding carboxylic acids is 1. The van der Waals surface area contributed by atoms with Crippen molar-refractivity contribution in [1.29, 1.82) is 0 Å². The van der Waals surface area contributed by atoms with Crippen LogP contribution in [-0.4, -0.2) is 18.5 Å². The lowest BCUT2D eigenvalue weighted by Gasteiger charge is -2.06. The standard InChI is InChI=1S/C15H20N2O.ClH/c1-2-3-10-9-14(10)17-15(18)12-4-5-13-11(8-12)6-7-16-13;/h4-5,8,10,14,16H,2-3,6-7,9H2,1H3,(H,17,18);1H. The summed E-state index contributed by atoms with van der Waals surface area (Å²) in [5.41, 5.74) is 3.25. The van der Waals surface area contributed by atoms with Crippen molar-refractivity contribution in [2.24, 2.45) is 5.92 Å². The summed E-state index contributed by atoms with van der Waals surface area (Å²) in [5.74, 6) is 0.809. The Labute approximate surface area is 120 Å². The minimum absolute atomic E-state index is 0. The fourth-order valence-electron chi connectivity index (χ4n) is 2.81. The van der Waals surface area contributed by atoms with Crippen molar-refractivity contribution in [3.63, 3.8) is 0 Å². The second-order valence-corrected chi connectivity index (χ2v) is 5.41. The Morgan fingerprint density at radius 2 is 2.32 bits per heavy atom. The predicted octanol–water partition coefficient (Wildman–Crippen LogP) is 2.99. The van der Waals surface area contributed by atoms with Gasteiger partial charge in [0, 0.05) is 23.8 Å². The zero-order chi connectivity index (χ0) is 12.5. The Morgan fingerprint density at radius 3 is 3.11 bits per heavy atom. The summed E-state index contributed by atoms with van der Waals surface area (Å²) in [7, 11) is 0. The number of benzene rings is 1. The van der Waals surface area contributed by atoms with Crippen LogP contribution in [0.2, 0.25) is 0 Å². The number of anilines is 1. The lowest BCUT2D eigenvalue weighted by molar-refractivity contribution is 0.0949. The van der Waals surface area contributed by atoms with Crippen LogP contribution in [0.4, 0.5) is 5.69 Å². The van der Waals surface area contributed by atoms with Gasteiger partial charge in [0.25, 0.3) is 5.91 Å². The van der Waals surface area contributed by atoms with Crippen LogP contribution in [0.15, 0.2) is 18.2 Å². The molecule has 0 spiro atoms. The summed E-state index contributed by atoms with van der Waals surface area (Å²) >= 11 is 0. The Hall–Kier alpha value is -1.22. The molecule has 0 bridgehead atoms. The number of fused-ring (bicyclic) bond motifs is 1. The van der Waals surface area contributed by atoms with Crippen molar-refractivity contribution in [2.75, 3.05) is 11.9 Å². The summed E-state index contributed by atoms with van der Waals surface area (Å²) in [6, 6.07) is 6.39. The molecule has 1 fully saturated rings. The van der Waals surface area contributed by atoms with Crippen molar-refractivity contribution in [2.45, 2.75) is 38.6 Å². The van der Waals surface area contributed by atoms with E-state index in [0.29, 0.717) is 6.04 Å². The number of carbonyl (C=O) groups is 1. The minimum Gasteiger partial charge on any atom is -0.384 e. The Balaban J connectivity index is 0.00000133. The van der Waals surface area contributed by atoms with Gasteiger partial charge in [0.05, 0.1) is 0 Å². The SMILES string of the molecule is CCCC1CC1NC(=O)c1ccc2c(c1)CCN2.Cl. The van der Waals surface area contributed by atoms with Crippen molar-refractivity contribution in [3.05, 3.63) is 29.3 Å². The number of hydrogen-bond donors (Lipinski definition) is 2. The van der Waals surface area contributed by atoms with Crippen LogP contribution in [0.3, 0.4) is 0 Å². The Bertz CT molecular complexity index is 475. The van der Waals surface area contributed by atoms with Crippen LogP contribution in [0.5, 0.6) is 0 Å². The Morgan fingerprint density at radius 1 is 1.47 bits per heavy atom. The third-order valence-corrected chi connectivity index (χ3v) is 3.98. The van der Waals surface area contributed by atoms with Gasteiger partial charge in [-0.05, 0) is 48.9 Å². The first-order chi connectivity index (χ1) is 8.78. The first-order valence-electron chi connectivity index (χ1n) is 6.95. The van der Waals surface area contributed by atoms with Crippen LogP contribution in [0, 0.1) is 5.92 Å². The summed E-state index contributed by atoms with van der Waals surface area (Å²) in [6.07, 6.45) is 4.63. The molecule has 2 N–H and O–H groups in total. The van der Waals surface area contributed by atoms with E-state index in [1.165, 1.54) is 24.1 Å². The number of rotatable bonds is 4. The molecule has 104 valence electrons. The van der Waals surface area contributed by atoms with Crippen molar-refractivity contribution in [1.82, 2.24) is 5.32 Å². The number of amides is 1. The van der Waals surface area contributed by atoms with Crippen LogP contribution in [0.1, 0.15) is 42.1 Å². The average Bonchev–Trinajstić information content (AvgIpc) is 2.92. The molecule has 2 aliphatic rings. The molecule has 1 aromatic rings. The number of halogens is 1. The van der Waals surface area contributed by atoms with Crippen molar-refractivity contribution < 1.29 is 4.79 Å². The van der Waals surface area contributed by atoms with Crippen molar-refractivity contribution >= 4 is 24.0 Å². The van der Waals surface area contributed by atoms with Crippen LogP contribution in [-0.2, 0) is 6.42 Å². The van der Waals surface area contributed by atoms with Gasteiger partial charge < -0.3 is 10.6 Å². The summed E-state index contributed by atoms with van der Waals surface area (Å²) in [5, 5.41) is 6.45. The second-order valence-electron chi connectivity index (χ2n) is 5.41. The minimum atomic E-state index is 0. The molecule has 19 heavy (non-hydrogen) atoms. The lowest BCUT2D eigenvalue weighted by atomic mass is 10.1. The van der Waals surface area contributed by atoms with E-state index >= 15 is 0 Å². The second kappa shape index (κ2) is 5.83. The van der Waals surface area contributed by atoms with Gasteiger partial charge in [0.2, 0.25) is 0 Å². The maximum atomic E-state index is 12.1. The fraction of sp³-hybridized carbons (Fsp3) is 0.533. The smallest absolute Gasteiger partial charge is 0.251 e. The molecule has 1 heterocycles.